The molecule has 1 heterocycles. The Bertz CT molecular complexity index is 219. The van der Waals surface area contributed by atoms with Crippen LogP contribution in [0.15, 0.2) is 0 Å². The van der Waals surface area contributed by atoms with Gasteiger partial charge >= 0.3 is 12.1 Å². The van der Waals surface area contributed by atoms with Crippen molar-refractivity contribution < 1.29 is 22.7 Å². The molecule has 0 aliphatic carbocycles. The highest BCUT2D eigenvalue weighted by molar-refractivity contribution is 5.82. The number of amides is 1. The van der Waals surface area contributed by atoms with E-state index in [1.807, 2.05) is 5.32 Å². The van der Waals surface area contributed by atoms with E-state index in [2.05, 4.69) is 5.32 Å². The fraction of sp³-hybridized carbons (Fsp3) is 0.857. The van der Waals surface area contributed by atoms with Gasteiger partial charge in [0.05, 0.1) is 12.1 Å². The minimum atomic E-state index is -4.83. The van der Waals surface area contributed by atoms with E-state index >= 15 is 0 Å². The number of methoxy groups -OCH3 is 1. The molecule has 0 aromatic carbocycles. The molecular formula is C7H11F3N2O2. The lowest BCUT2D eigenvalue weighted by atomic mass is 10.2. The summed E-state index contributed by atoms with van der Waals surface area (Å²) in [6.45, 7) is 0.736. The fourth-order valence-corrected chi connectivity index (χ4v) is 1.30. The average Bonchev–Trinajstić information content (AvgIpc) is 2.50. The monoisotopic (exact) mass is 212 g/mol. The van der Waals surface area contributed by atoms with Crippen LogP contribution in [0.4, 0.5) is 13.2 Å². The Labute approximate surface area is 78.8 Å². The number of ether oxygens (including phenoxy) is 1. The van der Waals surface area contributed by atoms with E-state index < -0.39 is 24.2 Å². The van der Waals surface area contributed by atoms with Gasteiger partial charge in [-0.15, -0.1) is 0 Å². The van der Waals surface area contributed by atoms with Crippen molar-refractivity contribution in [3.63, 3.8) is 0 Å². The lowest BCUT2D eigenvalue weighted by Gasteiger charge is -2.19. The van der Waals surface area contributed by atoms with Gasteiger partial charge in [0, 0.05) is 20.2 Å². The van der Waals surface area contributed by atoms with Crippen molar-refractivity contribution in [3.8, 4) is 0 Å². The van der Waals surface area contributed by atoms with Gasteiger partial charge in [0.15, 0.2) is 0 Å². The maximum absolute atomic E-state index is 11.9. The number of hydrogen-bond donors (Lipinski definition) is 2. The lowest BCUT2D eigenvalue weighted by molar-refractivity contribution is -0.174. The average molecular weight is 212 g/mol. The van der Waals surface area contributed by atoms with Gasteiger partial charge in [-0.2, -0.15) is 13.2 Å². The standard InChI is InChI=1S/C7H11F3N2O2/c1-14-5-3-11-2-4(5)12-6(13)7(8,9)10/h4-5,11H,2-3H2,1H3,(H,12,13)/t4-,5-/m0/s1. The van der Waals surface area contributed by atoms with E-state index in [-0.39, 0.29) is 0 Å². The van der Waals surface area contributed by atoms with Crippen molar-refractivity contribution in [2.24, 2.45) is 0 Å². The van der Waals surface area contributed by atoms with Crippen LogP contribution in [-0.2, 0) is 9.53 Å². The summed E-state index contributed by atoms with van der Waals surface area (Å²) in [7, 11) is 1.39. The van der Waals surface area contributed by atoms with Gasteiger partial charge in [-0.1, -0.05) is 0 Å². The minimum Gasteiger partial charge on any atom is -0.378 e. The number of halogens is 3. The van der Waals surface area contributed by atoms with Crippen LogP contribution in [0.2, 0.25) is 0 Å². The Morgan fingerprint density at radius 1 is 1.50 bits per heavy atom. The molecule has 0 radical (unpaired) electrons. The molecule has 82 valence electrons. The van der Waals surface area contributed by atoms with E-state index in [4.69, 9.17) is 4.74 Å². The maximum atomic E-state index is 11.9. The Morgan fingerprint density at radius 3 is 2.64 bits per heavy atom. The Hall–Kier alpha value is -0.820. The summed E-state index contributed by atoms with van der Waals surface area (Å²) in [4.78, 5) is 10.6. The van der Waals surface area contributed by atoms with Crippen LogP contribution >= 0.6 is 0 Å². The van der Waals surface area contributed by atoms with Gasteiger partial charge in [-0.3, -0.25) is 4.79 Å². The predicted molar refractivity (Wildman–Crippen MR) is 41.7 cm³/mol. The number of carbonyl (C=O) groups excluding carboxylic acids is 1. The smallest absolute Gasteiger partial charge is 0.378 e. The Kier molecular flexibility index (Phi) is 3.33. The van der Waals surface area contributed by atoms with Gasteiger partial charge in [0.25, 0.3) is 0 Å². The van der Waals surface area contributed by atoms with Crippen molar-refractivity contribution in [1.82, 2.24) is 10.6 Å². The van der Waals surface area contributed by atoms with Crippen LogP contribution in [0.25, 0.3) is 0 Å². The maximum Gasteiger partial charge on any atom is 0.471 e. The first-order chi connectivity index (χ1) is 6.45. The van der Waals surface area contributed by atoms with Gasteiger partial charge in [0.1, 0.15) is 0 Å². The molecule has 4 nitrogen and oxygen atoms in total. The molecule has 0 aromatic rings. The molecule has 1 aliphatic rings. The van der Waals surface area contributed by atoms with Crippen molar-refractivity contribution in [2.45, 2.75) is 18.3 Å². The number of carbonyl (C=O) groups is 1. The number of alkyl halides is 3. The first-order valence-electron chi connectivity index (χ1n) is 4.06. The number of rotatable bonds is 2. The van der Waals surface area contributed by atoms with Gasteiger partial charge in [-0.05, 0) is 0 Å². The summed E-state index contributed by atoms with van der Waals surface area (Å²) in [5, 5.41) is 4.69. The number of nitrogens with one attached hydrogen (secondary N) is 2. The predicted octanol–water partition coefficient (Wildman–Crippen LogP) is -0.348. The van der Waals surface area contributed by atoms with Gasteiger partial charge in [-0.25, -0.2) is 0 Å². The topological polar surface area (TPSA) is 50.4 Å². The molecule has 0 bridgehead atoms. The molecule has 14 heavy (non-hydrogen) atoms. The molecule has 1 aliphatic heterocycles. The molecule has 0 spiro atoms. The fourth-order valence-electron chi connectivity index (χ4n) is 1.30. The quantitative estimate of drug-likeness (QED) is 0.658. The highest BCUT2D eigenvalue weighted by atomic mass is 19.4. The van der Waals surface area contributed by atoms with Gasteiger partial charge < -0.3 is 15.4 Å². The molecule has 1 saturated heterocycles. The summed E-state index contributed by atoms with van der Waals surface area (Å²) >= 11 is 0. The molecule has 1 amide bonds. The largest absolute Gasteiger partial charge is 0.471 e. The van der Waals surface area contributed by atoms with Crippen molar-refractivity contribution in [2.75, 3.05) is 20.2 Å². The molecule has 1 rings (SSSR count). The van der Waals surface area contributed by atoms with E-state index in [1.54, 1.807) is 0 Å². The molecule has 0 aromatic heterocycles. The van der Waals surface area contributed by atoms with Crippen molar-refractivity contribution in [3.05, 3.63) is 0 Å². The third kappa shape index (κ3) is 2.58. The van der Waals surface area contributed by atoms with E-state index in [1.165, 1.54) is 7.11 Å². The van der Waals surface area contributed by atoms with Crippen LogP contribution in [-0.4, -0.2) is 44.4 Å². The zero-order chi connectivity index (χ0) is 10.8. The highest BCUT2D eigenvalue weighted by Crippen LogP contribution is 2.15. The Morgan fingerprint density at radius 2 is 2.14 bits per heavy atom. The van der Waals surface area contributed by atoms with Gasteiger partial charge in [0.2, 0.25) is 0 Å². The summed E-state index contributed by atoms with van der Waals surface area (Å²) in [6, 6.07) is -0.617. The third-order valence-corrected chi connectivity index (χ3v) is 2.04. The molecule has 7 heteroatoms. The Balaban J connectivity index is 2.48. The SMILES string of the molecule is CO[C@H]1CNC[C@@H]1NC(=O)C(F)(F)F. The van der Waals surface area contributed by atoms with Crippen LogP contribution < -0.4 is 10.6 Å². The molecule has 2 atom stereocenters. The zero-order valence-electron chi connectivity index (χ0n) is 7.52. The highest BCUT2D eigenvalue weighted by Gasteiger charge is 2.41. The third-order valence-electron chi connectivity index (χ3n) is 2.04. The second-order valence-electron chi connectivity index (χ2n) is 3.01. The number of hydrogen-bond acceptors (Lipinski definition) is 3. The van der Waals surface area contributed by atoms with Crippen LogP contribution in [0.3, 0.4) is 0 Å². The lowest BCUT2D eigenvalue weighted by Crippen LogP contribution is -2.48. The normalized spacial score (nSPS) is 27.7. The second-order valence-corrected chi connectivity index (χ2v) is 3.01. The van der Waals surface area contributed by atoms with Crippen molar-refractivity contribution in [1.29, 1.82) is 0 Å². The second kappa shape index (κ2) is 4.14. The first kappa shape index (κ1) is 11.3. The summed E-state index contributed by atoms with van der Waals surface area (Å²) in [5.41, 5.74) is 0. The molecule has 0 saturated carbocycles. The van der Waals surface area contributed by atoms with Crippen LogP contribution in [0.1, 0.15) is 0 Å². The summed E-state index contributed by atoms with van der Waals surface area (Å²) in [5.74, 6) is -1.92. The van der Waals surface area contributed by atoms with Crippen molar-refractivity contribution >= 4 is 5.91 Å². The van der Waals surface area contributed by atoms with Crippen LogP contribution in [0.5, 0.6) is 0 Å². The van der Waals surface area contributed by atoms with E-state index in [9.17, 15) is 18.0 Å². The van der Waals surface area contributed by atoms with E-state index in [0.29, 0.717) is 13.1 Å². The van der Waals surface area contributed by atoms with Crippen LogP contribution in [0, 0.1) is 0 Å². The first-order valence-corrected chi connectivity index (χ1v) is 4.06. The minimum absolute atomic E-state index is 0.292. The summed E-state index contributed by atoms with van der Waals surface area (Å²) in [6.07, 6.45) is -5.23. The zero-order valence-corrected chi connectivity index (χ0v) is 7.52. The molecule has 2 N–H and O–H groups in total. The molecular weight excluding hydrogens is 201 g/mol. The molecule has 0 unspecified atom stereocenters. The van der Waals surface area contributed by atoms with E-state index in [0.717, 1.165) is 0 Å². The molecule has 1 fully saturated rings. The summed E-state index contributed by atoms with van der Waals surface area (Å²) < 4.78 is 40.5.